The highest BCUT2D eigenvalue weighted by atomic mass is 16.5. The van der Waals surface area contributed by atoms with Crippen molar-refractivity contribution >= 4 is 11.0 Å². The quantitative estimate of drug-likeness (QED) is 0.794. The molecule has 4 rings (SSSR count). The van der Waals surface area contributed by atoms with E-state index in [1.54, 1.807) is 12.4 Å². The maximum Gasteiger partial charge on any atom is 0.262 e. The lowest BCUT2D eigenvalue weighted by Gasteiger charge is -2.27. The van der Waals surface area contributed by atoms with Crippen LogP contribution >= 0.6 is 0 Å². The summed E-state index contributed by atoms with van der Waals surface area (Å²) in [5, 5.41) is 4.95. The van der Waals surface area contributed by atoms with Gasteiger partial charge in [0.15, 0.2) is 5.65 Å². The van der Waals surface area contributed by atoms with Gasteiger partial charge >= 0.3 is 0 Å². The fourth-order valence-corrected chi connectivity index (χ4v) is 3.20. The van der Waals surface area contributed by atoms with E-state index in [-0.39, 0.29) is 17.7 Å². The minimum Gasteiger partial charge on any atom is -0.378 e. The van der Waals surface area contributed by atoms with Gasteiger partial charge in [-0.2, -0.15) is 5.10 Å². The van der Waals surface area contributed by atoms with Gasteiger partial charge in [-0.25, -0.2) is 9.67 Å². The predicted molar refractivity (Wildman–Crippen MR) is 88.9 cm³/mol. The van der Waals surface area contributed by atoms with Crippen LogP contribution in [0.15, 0.2) is 35.4 Å². The zero-order chi connectivity index (χ0) is 16.5. The number of H-pyrrole nitrogens is 1. The average Bonchev–Trinajstić information content (AvgIpc) is 3.00. The molecule has 3 aromatic heterocycles. The first-order chi connectivity index (χ1) is 11.7. The van der Waals surface area contributed by atoms with Gasteiger partial charge in [-0.3, -0.25) is 9.78 Å². The van der Waals surface area contributed by atoms with Crippen molar-refractivity contribution in [1.29, 1.82) is 0 Å². The number of rotatable bonds is 3. The molecule has 24 heavy (non-hydrogen) atoms. The Hall–Kier alpha value is -2.54. The fourth-order valence-electron chi connectivity index (χ4n) is 3.20. The van der Waals surface area contributed by atoms with Crippen LogP contribution in [0.1, 0.15) is 37.3 Å². The first kappa shape index (κ1) is 15.0. The Morgan fingerprint density at radius 1 is 1.42 bits per heavy atom. The van der Waals surface area contributed by atoms with Crippen LogP contribution in [-0.4, -0.2) is 37.4 Å². The molecule has 1 N–H and O–H groups in total. The summed E-state index contributed by atoms with van der Waals surface area (Å²) in [5.41, 5.74) is 1.35. The third kappa shape index (κ3) is 2.82. The van der Waals surface area contributed by atoms with Gasteiger partial charge in [0.2, 0.25) is 0 Å². The molecule has 3 aromatic rings. The second kappa shape index (κ2) is 6.16. The molecular weight excluding hydrogens is 306 g/mol. The van der Waals surface area contributed by atoms with Crippen LogP contribution in [-0.2, 0) is 11.2 Å². The average molecular weight is 325 g/mol. The summed E-state index contributed by atoms with van der Waals surface area (Å²) >= 11 is 0. The topological polar surface area (TPSA) is 85.7 Å². The monoisotopic (exact) mass is 325 g/mol. The van der Waals surface area contributed by atoms with Gasteiger partial charge in [0.25, 0.3) is 5.56 Å². The van der Waals surface area contributed by atoms with E-state index in [1.807, 2.05) is 22.9 Å². The molecule has 1 saturated heterocycles. The van der Waals surface area contributed by atoms with Gasteiger partial charge in [-0.1, -0.05) is 6.07 Å². The maximum absolute atomic E-state index is 12.4. The molecule has 0 amide bonds. The normalized spacial score (nSPS) is 21.2. The van der Waals surface area contributed by atoms with Gasteiger partial charge < -0.3 is 9.72 Å². The fraction of sp³-hybridized carbons (Fsp3) is 0.412. The van der Waals surface area contributed by atoms with Crippen LogP contribution in [0.5, 0.6) is 0 Å². The molecule has 0 unspecified atom stereocenters. The van der Waals surface area contributed by atoms with Crippen LogP contribution in [0.25, 0.3) is 11.0 Å². The molecule has 1 aliphatic heterocycles. The highest BCUT2D eigenvalue weighted by Crippen LogP contribution is 2.26. The molecule has 0 spiro atoms. The number of hydrogen-bond acceptors (Lipinski definition) is 5. The summed E-state index contributed by atoms with van der Waals surface area (Å²) < 4.78 is 7.49. The Morgan fingerprint density at radius 3 is 3.12 bits per heavy atom. The molecule has 4 heterocycles. The molecule has 0 bridgehead atoms. The van der Waals surface area contributed by atoms with E-state index in [9.17, 15) is 4.79 Å². The van der Waals surface area contributed by atoms with E-state index >= 15 is 0 Å². The van der Waals surface area contributed by atoms with Crippen molar-refractivity contribution in [3.8, 4) is 0 Å². The van der Waals surface area contributed by atoms with Gasteiger partial charge in [-0.15, -0.1) is 0 Å². The van der Waals surface area contributed by atoms with Crippen molar-refractivity contribution in [1.82, 2.24) is 24.7 Å². The van der Waals surface area contributed by atoms with Crippen LogP contribution in [0.4, 0.5) is 0 Å². The van der Waals surface area contributed by atoms with E-state index in [4.69, 9.17) is 4.74 Å². The summed E-state index contributed by atoms with van der Waals surface area (Å²) in [6, 6.07) is 5.92. The number of hydrogen-bond donors (Lipinski definition) is 1. The number of aromatic amines is 1. The van der Waals surface area contributed by atoms with E-state index in [0.717, 1.165) is 18.5 Å². The van der Waals surface area contributed by atoms with Gasteiger partial charge in [0.1, 0.15) is 11.2 Å². The molecule has 2 atom stereocenters. The summed E-state index contributed by atoms with van der Waals surface area (Å²) in [6.07, 6.45) is 5.77. The molecule has 0 saturated carbocycles. The Morgan fingerprint density at radius 2 is 2.33 bits per heavy atom. The Balaban J connectivity index is 1.73. The Bertz CT molecular complexity index is 902. The minimum absolute atomic E-state index is 0.155. The molecule has 1 aliphatic rings. The Kier molecular flexibility index (Phi) is 3.86. The molecular formula is C17H19N5O2. The van der Waals surface area contributed by atoms with Crippen molar-refractivity contribution in [3.63, 3.8) is 0 Å². The van der Waals surface area contributed by atoms with Crippen molar-refractivity contribution in [2.24, 2.45) is 0 Å². The van der Waals surface area contributed by atoms with Crippen molar-refractivity contribution in [2.75, 3.05) is 6.61 Å². The third-order valence-corrected chi connectivity index (χ3v) is 4.39. The predicted octanol–water partition coefficient (Wildman–Crippen LogP) is 1.85. The number of pyridine rings is 1. The smallest absolute Gasteiger partial charge is 0.262 e. The summed E-state index contributed by atoms with van der Waals surface area (Å²) in [6.45, 7) is 2.77. The second-order valence-corrected chi connectivity index (χ2v) is 6.20. The number of aromatic nitrogens is 5. The minimum atomic E-state index is -0.155. The molecule has 124 valence electrons. The van der Waals surface area contributed by atoms with Crippen LogP contribution < -0.4 is 5.56 Å². The lowest BCUT2D eigenvalue weighted by atomic mass is 10.0. The molecule has 7 nitrogen and oxygen atoms in total. The standard InChI is InChI=1S/C17H19N5O2/c1-11-8-13(5-7-24-11)22-16-14(10-19-22)17(23)21-15(20-16)9-12-4-2-3-6-18-12/h2-4,6,10-11,13H,5,7-9H2,1H3,(H,20,21,23)/t11-,13+/m0/s1. The lowest BCUT2D eigenvalue weighted by molar-refractivity contribution is 0.00431. The second-order valence-electron chi connectivity index (χ2n) is 6.20. The SMILES string of the molecule is C[C@H]1C[C@H](n2ncc3c(=O)[nH]c(Cc4ccccn4)nc32)CCO1. The summed E-state index contributed by atoms with van der Waals surface area (Å²) in [4.78, 5) is 24.1. The molecule has 0 radical (unpaired) electrons. The summed E-state index contributed by atoms with van der Waals surface area (Å²) in [5.74, 6) is 0.605. The number of nitrogens with one attached hydrogen (secondary N) is 1. The third-order valence-electron chi connectivity index (χ3n) is 4.39. The largest absolute Gasteiger partial charge is 0.378 e. The number of ether oxygens (including phenoxy) is 1. The molecule has 1 fully saturated rings. The first-order valence-corrected chi connectivity index (χ1v) is 8.18. The van der Waals surface area contributed by atoms with Crippen LogP contribution in [0.2, 0.25) is 0 Å². The number of fused-ring (bicyclic) bond motifs is 1. The number of nitrogens with zero attached hydrogens (tertiary/aromatic N) is 4. The van der Waals surface area contributed by atoms with Crippen molar-refractivity contribution in [2.45, 2.75) is 38.3 Å². The Labute approximate surface area is 138 Å². The zero-order valence-corrected chi connectivity index (χ0v) is 13.5. The molecule has 7 heteroatoms. The first-order valence-electron chi connectivity index (χ1n) is 8.18. The van der Waals surface area contributed by atoms with Crippen LogP contribution in [0, 0.1) is 0 Å². The molecule has 0 aliphatic carbocycles. The highest BCUT2D eigenvalue weighted by Gasteiger charge is 2.24. The van der Waals surface area contributed by atoms with E-state index in [0.29, 0.717) is 29.9 Å². The van der Waals surface area contributed by atoms with E-state index in [1.165, 1.54) is 0 Å². The zero-order valence-electron chi connectivity index (χ0n) is 13.5. The summed E-state index contributed by atoms with van der Waals surface area (Å²) in [7, 11) is 0. The highest BCUT2D eigenvalue weighted by molar-refractivity contribution is 5.73. The van der Waals surface area contributed by atoms with Gasteiger partial charge in [0.05, 0.1) is 18.3 Å². The maximum atomic E-state index is 12.4. The lowest BCUT2D eigenvalue weighted by Crippen LogP contribution is -2.26. The van der Waals surface area contributed by atoms with Crippen molar-refractivity contribution in [3.05, 3.63) is 52.5 Å². The van der Waals surface area contributed by atoms with Gasteiger partial charge in [-0.05, 0) is 31.9 Å². The van der Waals surface area contributed by atoms with E-state index in [2.05, 4.69) is 27.0 Å². The van der Waals surface area contributed by atoms with Gasteiger partial charge in [0, 0.05) is 24.9 Å². The van der Waals surface area contributed by atoms with Crippen LogP contribution in [0.3, 0.4) is 0 Å². The molecule has 0 aromatic carbocycles. The van der Waals surface area contributed by atoms with Crippen molar-refractivity contribution < 1.29 is 4.74 Å². The van der Waals surface area contributed by atoms with E-state index < -0.39 is 0 Å².